The summed E-state index contributed by atoms with van der Waals surface area (Å²) in [6, 6.07) is 19.0. The highest BCUT2D eigenvalue weighted by Crippen LogP contribution is 2.30. The summed E-state index contributed by atoms with van der Waals surface area (Å²) in [5.74, 6) is -0.704. The molecule has 31 heavy (non-hydrogen) atoms. The zero-order valence-electron chi connectivity index (χ0n) is 18.2. The Bertz CT molecular complexity index is 1220. The Morgan fingerprint density at radius 2 is 1.65 bits per heavy atom. The van der Waals surface area contributed by atoms with Crippen LogP contribution < -0.4 is 10.6 Å². The van der Waals surface area contributed by atoms with E-state index < -0.39 is 5.91 Å². The van der Waals surface area contributed by atoms with Crippen molar-refractivity contribution >= 4 is 27.9 Å². The molecule has 0 aliphatic carbocycles. The molecule has 0 spiro atoms. The van der Waals surface area contributed by atoms with Gasteiger partial charge in [-0.3, -0.25) is 4.79 Å². The zero-order chi connectivity index (χ0) is 22.1. The van der Waals surface area contributed by atoms with E-state index in [-0.39, 0.29) is 5.57 Å². The molecule has 6 heteroatoms. The number of likely N-dealkylation sites (N-methyl/N-ethyl adjacent to an activating group) is 1. The Morgan fingerprint density at radius 3 is 2.32 bits per heavy atom. The minimum Gasteiger partial charge on any atom is -0.369 e. The molecule has 1 aromatic heterocycles. The molecule has 1 aliphatic heterocycles. The van der Waals surface area contributed by atoms with Gasteiger partial charge in [0.2, 0.25) is 0 Å². The molecule has 0 bridgehead atoms. The first-order valence-corrected chi connectivity index (χ1v) is 10.4. The lowest BCUT2D eigenvalue weighted by atomic mass is 10.0. The molecule has 1 aliphatic rings. The van der Waals surface area contributed by atoms with Gasteiger partial charge in [0.15, 0.2) is 0 Å². The fourth-order valence-corrected chi connectivity index (χ4v) is 4.28. The van der Waals surface area contributed by atoms with Gasteiger partial charge >= 0.3 is 0 Å². The molecule has 158 valence electrons. The van der Waals surface area contributed by atoms with Gasteiger partial charge in [0.05, 0.1) is 0 Å². The van der Waals surface area contributed by atoms with Gasteiger partial charge in [-0.25, -0.2) is 0 Å². The van der Waals surface area contributed by atoms with E-state index in [1.54, 1.807) is 6.92 Å². The molecular weight excluding hydrogens is 386 g/mol. The molecule has 4 rings (SSSR count). The molecule has 1 saturated heterocycles. The Hall–Kier alpha value is -3.56. The number of hydrogen-bond donors (Lipinski definition) is 1. The molecule has 1 fully saturated rings. The summed E-state index contributed by atoms with van der Waals surface area (Å²) in [7, 11) is 4.10. The third-order valence-corrected chi connectivity index (χ3v) is 6.23. The van der Waals surface area contributed by atoms with Gasteiger partial charge in [-0.15, -0.1) is 0 Å². The Morgan fingerprint density at radius 1 is 0.968 bits per heavy atom. The first kappa shape index (κ1) is 20.7. The standard InChI is InChI=1S/C25H27N5O/c1-17(22(16-26)25(27)31)23-8-9-24(29(23)3)20-5-4-19-15-21(7-6-18(19)14-20)30-12-10-28(2)11-13-30/h4-9,14-15H,10-13H2,1-3H3,(H2,27,31)/b22-17+. The van der Waals surface area contributed by atoms with Crippen LogP contribution in [0.3, 0.4) is 0 Å². The number of fused-ring (bicyclic) bond motifs is 1. The topological polar surface area (TPSA) is 78.3 Å². The van der Waals surface area contributed by atoms with Crippen molar-refractivity contribution in [3.63, 3.8) is 0 Å². The van der Waals surface area contributed by atoms with Crippen molar-refractivity contribution < 1.29 is 4.79 Å². The van der Waals surface area contributed by atoms with Crippen molar-refractivity contribution in [2.24, 2.45) is 12.8 Å². The van der Waals surface area contributed by atoms with Crippen LogP contribution in [0.15, 0.2) is 54.1 Å². The number of primary amides is 1. The molecule has 1 amide bonds. The lowest BCUT2D eigenvalue weighted by Gasteiger charge is -2.34. The summed E-state index contributed by atoms with van der Waals surface area (Å²) in [6.45, 7) is 6.03. The molecule has 0 saturated carbocycles. The maximum atomic E-state index is 11.6. The first-order valence-electron chi connectivity index (χ1n) is 10.4. The molecule has 2 N–H and O–H groups in total. The van der Waals surface area contributed by atoms with E-state index in [0.29, 0.717) is 5.57 Å². The van der Waals surface area contributed by atoms with E-state index in [0.717, 1.165) is 43.1 Å². The minimum absolute atomic E-state index is 0.0114. The van der Waals surface area contributed by atoms with Crippen molar-refractivity contribution in [2.45, 2.75) is 6.92 Å². The number of carbonyl (C=O) groups excluding carboxylic acids is 1. The normalized spacial score (nSPS) is 15.6. The lowest BCUT2D eigenvalue weighted by Crippen LogP contribution is -2.44. The molecule has 2 heterocycles. The van der Waals surface area contributed by atoms with Gasteiger partial charge in [-0.05, 0) is 66.2 Å². The van der Waals surface area contributed by atoms with Crippen molar-refractivity contribution in [3.8, 4) is 17.3 Å². The second-order valence-corrected chi connectivity index (χ2v) is 8.18. The van der Waals surface area contributed by atoms with Crippen LogP contribution in [-0.2, 0) is 11.8 Å². The first-order chi connectivity index (χ1) is 14.9. The van der Waals surface area contributed by atoms with Gasteiger partial charge in [-0.2, -0.15) is 5.26 Å². The third kappa shape index (κ3) is 3.92. The summed E-state index contributed by atoms with van der Waals surface area (Å²) in [6.07, 6.45) is 0. The molecule has 6 nitrogen and oxygen atoms in total. The number of anilines is 1. The van der Waals surface area contributed by atoms with E-state index in [9.17, 15) is 10.1 Å². The van der Waals surface area contributed by atoms with Gasteiger partial charge in [0.25, 0.3) is 5.91 Å². The largest absolute Gasteiger partial charge is 0.369 e. The smallest absolute Gasteiger partial charge is 0.259 e. The quantitative estimate of drug-likeness (QED) is 0.525. The summed E-state index contributed by atoms with van der Waals surface area (Å²) in [5.41, 5.74) is 10.1. The molecule has 0 atom stereocenters. The van der Waals surface area contributed by atoms with E-state index in [1.807, 2.05) is 29.8 Å². The number of hydrogen-bond acceptors (Lipinski definition) is 4. The highest BCUT2D eigenvalue weighted by Gasteiger charge is 2.16. The van der Waals surface area contributed by atoms with Crippen LogP contribution in [0.25, 0.3) is 27.6 Å². The van der Waals surface area contributed by atoms with Gasteiger partial charge < -0.3 is 20.1 Å². The number of carbonyl (C=O) groups is 1. The van der Waals surface area contributed by atoms with Crippen LogP contribution in [0.5, 0.6) is 0 Å². The van der Waals surface area contributed by atoms with E-state index in [4.69, 9.17) is 5.73 Å². The summed E-state index contributed by atoms with van der Waals surface area (Å²) >= 11 is 0. The minimum atomic E-state index is -0.704. The second kappa shape index (κ2) is 8.29. The summed E-state index contributed by atoms with van der Waals surface area (Å²) < 4.78 is 2.00. The monoisotopic (exact) mass is 413 g/mol. The zero-order valence-corrected chi connectivity index (χ0v) is 18.2. The highest BCUT2D eigenvalue weighted by molar-refractivity contribution is 6.03. The van der Waals surface area contributed by atoms with Crippen molar-refractivity contribution in [3.05, 3.63) is 59.8 Å². The van der Waals surface area contributed by atoms with Crippen molar-refractivity contribution in [1.82, 2.24) is 9.47 Å². The fourth-order valence-electron chi connectivity index (χ4n) is 4.28. The number of piperazine rings is 1. The van der Waals surface area contributed by atoms with Crippen LogP contribution >= 0.6 is 0 Å². The number of amides is 1. The van der Waals surface area contributed by atoms with Crippen LogP contribution in [-0.4, -0.2) is 48.6 Å². The average Bonchev–Trinajstić information content (AvgIpc) is 3.15. The highest BCUT2D eigenvalue weighted by atomic mass is 16.1. The van der Waals surface area contributed by atoms with Crippen molar-refractivity contribution in [1.29, 1.82) is 5.26 Å². The molecular formula is C25H27N5O. The van der Waals surface area contributed by atoms with E-state index in [1.165, 1.54) is 16.5 Å². The van der Waals surface area contributed by atoms with Gasteiger partial charge in [-0.1, -0.05) is 18.2 Å². The Labute approximate surface area is 182 Å². The Balaban J connectivity index is 1.67. The van der Waals surface area contributed by atoms with Crippen molar-refractivity contribution in [2.75, 3.05) is 38.1 Å². The third-order valence-electron chi connectivity index (χ3n) is 6.23. The fraction of sp³-hybridized carbons (Fsp3) is 0.280. The Kier molecular flexibility index (Phi) is 5.53. The summed E-state index contributed by atoms with van der Waals surface area (Å²) in [4.78, 5) is 16.4. The van der Waals surface area contributed by atoms with Crippen LogP contribution in [0.4, 0.5) is 5.69 Å². The summed E-state index contributed by atoms with van der Waals surface area (Å²) in [5, 5.41) is 11.7. The van der Waals surface area contributed by atoms with Gasteiger partial charge in [0.1, 0.15) is 11.6 Å². The number of nitrogens with two attached hydrogens (primary N) is 1. The maximum Gasteiger partial charge on any atom is 0.259 e. The van der Waals surface area contributed by atoms with Crippen LogP contribution in [0.2, 0.25) is 0 Å². The maximum absolute atomic E-state index is 11.6. The SMILES string of the molecule is C/C(=C(/C#N)C(N)=O)c1ccc(-c2ccc3cc(N4CCN(C)CC4)ccc3c2)n1C. The number of allylic oxidation sites excluding steroid dienone is 1. The molecule has 0 radical (unpaired) electrons. The number of nitrogens with zero attached hydrogens (tertiary/aromatic N) is 4. The lowest BCUT2D eigenvalue weighted by molar-refractivity contribution is -0.114. The molecule has 0 unspecified atom stereocenters. The predicted molar refractivity (Wildman–Crippen MR) is 125 cm³/mol. The number of aromatic nitrogens is 1. The molecule has 2 aromatic carbocycles. The predicted octanol–water partition coefficient (Wildman–Crippen LogP) is 3.38. The van der Waals surface area contributed by atoms with Crippen LogP contribution in [0.1, 0.15) is 12.6 Å². The van der Waals surface area contributed by atoms with E-state index in [2.05, 4.69) is 53.2 Å². The number of benzene rings is 2. The van der Waals surface area contributed by atoms with Crippen LogP contribution in [0, 0.1) is 11.3 Å². The number of nitriles is 1. The van der Waals surface area contributed by atoms with Gasteiger partial charge in [0, 0.05) is 50.3 Å². The molecule has 3 aromatic rings. The van der Waals surface area contributed by atoms with E-state index >= 15 is 0 Å². The average molecular weight is 414 g/mol. The number of rotatable bonds is 4. The second-order valence-electron chi connectivity index (χ2n) is 8.18.